The Morgan fingerprint density at radius 3 is 2.45 bits per heavy atom. The summed E-state index contributed by atoms with van der Waals surface area (Å²) in [6, 6.07) is 18.6. The van der Waals surface area contributed by atoms with Gasteiger partial charge in [-0.1, -0.05) is 41.4 Å². The number of hydrogen-bond donors (Lipinski definition) is 1. The fraction of sp³-hybridized carbons (Fsp3) is 0.174. The van der Waals surface area contributed by atoms with Crippen molar-refractivity contribution in [2.45, 2.75) is 24.8 Å². The van der Waals surface area contributed by atoms with Gasteiger partial charge in [-0.15, -0.1) is 0 Å². The minimum atomic E-state index is -3.90. The van der Waals surface area contributed by atoms with E-state index in [0.29, 0.717) is 22.1 Å². The van der Waals surface area contributed by atoms with Gasteiger partial charge >= 0.3 is 0 Å². The number of hydrogen-bond acceptors (Lipinski definition) is 4. The van der Waals surface area contributed by atoms with E-state index >= 15 is 0 Å². The van der Waals surface area contributed by atoms with E-state index < -0.39 is 22.0 Å². The zero-order valence-corrected chi connectivity index (χ0v) is 18.6. The van der Waals surface area contributed by atoms with Crippen LogP contribution in [0.1, 0.15) is 11.1 Å². The molecule has 1 aliphatic heterocycles. The fourth-order valence-corrected chi connectivity index (χ4v) is 5.02. The summed E-state index contributed by atoms with van der Waals surface area (Å²) in [6.45, 7) is 3.61. The Kier molecular flexibility index (Phi) is 5.64. The number of sulfonamides is 1. The number of aryl methyl sites for hydroxylation is 2. The van der Waals surface area contributed by atoms with Crippen LogP contribution in [-0.2, 0) is 14.8 Å². The molecule has 160 valence electrons. The van der Waals surface area contributed by atoms with Crippen molar-refractivity contribution in [3.63, 3.8) is 0 Å². The van der Waals surface area contributed by atoms with Crippen molar-refractivity contribution < 1.29 is 17.9 Å². The molecule has 0 aromatic heterocycles. The van der Waals surface area contributed by atoms with E-state index in [4.69, 9.17) is 16.3 Å². The Morgan fingerprint density at radius 1 is 1.03 bits per heavy atom. The molecule has 4 rings (SSSR count). The third-order valence-corrected chi connectivity index (χ3v) is 7.01. The normalized spacial score (nSPS) is 15.7. The second kappa shape index (κ2) is 8.24. The largest absolute Gasteiger partial charge is 0.476 e. The van der Waals surface area contributed by atoms with E-state index in [2.05, 4.69) is 5.32 Å². The first kappa shape index (κ1) is 21.2. The topological polar surface area (TPSA) is 75.7 Å². The number of carbonyl (C=O) groups excluding carboxylic acids is 1. The van der Waals surface area contributed by atoms with Gasteiger partial charge in [-0.05, 0) is 61.9 Å². The van der Waals surface area contributed by atoms with Crippen LogP contribution in [0, 0.1) is 13.8 Å². The van der Waals surface area contributed by atoms with Gasteiger partial charge < -0.3 is 10.1 Å². The van der Waals surface area contributed by atoms with Crippen LogP contribution in [-0.4, -0.2) is 27.0 Å². The average Bonchev–Trinajstić information content (AvgIpc) is 2.73. The molecule has 1 N–H and O–H groups in total. The maximum Gasteiger partial charge on any atom is 0.267 e. The van der Waals surface area contributed by atoms with Gasteiger partial charge in [0.2, 0.25) is 0 Å². The van der Waals surface area contributed by atoms with E-state index in [0.717, 1.165) is 11.1 Å². The molecule has 3 aromatic carbocycles. The highest BCUT2D eigenvalue weighted by Crippen LogP contribution is 2.38. The van der Waals surface area contributed by atoms with Crippen LogP contribution in [0.25, 0.3) is 0 Å². The summed E-state index contributed by atoms with van der Waals surface area (Å²) in [5, 5.41) is 3.23. The molecular weight excluding hydrogens is 436 g/mol. The molecule has 0 radical (unpaired) electrons. The Labute approximate surface area is 186 Å². The molecule has 1 atom stereocenters. The highest BCUT2D eigenvalue weighted by atomic mass is 35.5. The first-order valence-corrected chi connectivity index (χ1v) is 11.5. The van der Waals surface area contributed by atoms with Gasteiger partial charge in [0.1, 0.15) is 5.75 Å². The molecular formula is C23H21ClN2O4S. The van der Waals surface area contributed by atoms with Gasteiger partial charge in [0.15, 0.2) is 6.10 Å². The third kappa shape index (κ3) is 4.38. The zero-order chi connectivity index (χ0) is 22.2. The number of benzene rings is 3. The number of carbonyl (C=O) groups is 1. The Balaban J connectivity index is 1.70. The van der Waals surface area contributed by atoms with E-state index in [-0.39, 0.29) is 11.4 Å². The van der Waals surface area contributed by atoms with Gasteiger partial charge in [0.25, 0.3) is 15.9 Å². The molecule has 1 aliphatic rings. The molecule has 0 saturated carbocycles. The van der Waals surface area contributed by atoms with Crippen LogP contribution in [0.4, 0.5) is 11.4 Å². The summed E-state index contributed by atoms with van der Waals surface area (Å²) in [5.41, 5.74) is 2.75. The van der Waals surface area contributed by atoms with Crippen molar-refractivity contribution in [1.29, 1.82) is 0 Å². The fourth-order valence-electron chi connectivity index (χ4n) is 3.35. The molecule has 0 spiro atoms. The summed E-state index contributed by atoms with van der Waals surface area (Å²) in [5.74, 6) is -0.119. The summed E-state index contributed by atoms with van der Waals surface area (Å²) in [7, 11) is -3.90. The molecule has 1 unspecified atom stereocenters. The number of ether oxygens (including phenoxy) is 1. The minimum Gasteiger partial charge on any atom is -0.476 e. The molecule has 0 bridgehead atoms. The number of halogens is 1. The van der Waals surface area contributed by atoms with Crippen molar-refractivity contribution in [2.75, 3.05) is 16.2 Å². The molecule has 0 aliphatic carbocycles. The van der Waals surface area contributed by atoms with E-state index in [9.17, 15) is 13.2 Å². The summed E-state index contributed by atoms with van der Waals surface area (Å²) in [6.07, 6.45) is -1.03. The van der Waals surface area contributed by atoms with Crippen molar-refractivity contribution in [3.8, 4) is 5.75 Å². The maximum absolute atomic E-state index is 13.4. The number of nitrogens with zero attached hydrogens (tertiary/aromatic N) is 1. The lowest BCUT2D eigenvalue weighted by atomic mass is 10.1. The lowest BCUT2D eigenvalue weighted by Crippen LogP contribution is -2.48. The number of fused-ring (bicyclic) bond motifs is 1. The molecule has 1 amide bonds. The van der Waals surface area contributed by atoms with Crippen molar-refractivity contribution in [3.05, 3.63) is 82.9 Å². The smallest absolute Gasteiger partial charge is 0.267 e. The first-order valence-electron chi connectivity index (χ1n) is 9.67. The second-order valence-electron chi connectivity index (χ2n) is 7.43. The average molecular weight is 457 g/mol. The van der Waals surface area contributed by atoms with Gasteiger partial charge in [-0.2, -0.15) is 0 Å². The highest BCUT2D eigenvalue weighted by molar-refractivity contribution is 7.92. The van der Waals surface area contributed by atoms with Gasteiger partial charge in [-0.3, -0.25) is 9.10 Å². The minimum absolute atomic E-state index is 0.153. The number of rotatable bonds is 4. The highest BCUT2D eigenvalue weighted by Gasteiger charge is 2.37. The zero-order valence-electron chi connectivity index (χ0n) is 17.0. The molecule has 1 heterocycles. The van der Waals surface area contributed by atoms with Crippen molar-refractivity contribution in [2.24, 2.45) is 0 Å². The molecule has 8 heteroatoms. The lowest BCUT2D eigenvalue weighted by molar-refractivity contribution is -0.122. The number of anilines is 2. The number of nitrogens with one attached hydrogen (secondary N) is 1. The molecule has 3 aromatic rings. The van der Waals surface area contributed by atoms with Crippen LogP contribution < -0.4 is 14.4 Å². The second-order valence-corrected chi connectivity index (χ2v) is 9.73. The quantitative estimate of drug-likeness (QED) is 0.624. The summed E-state index contributed by atoms with van der Waals surface area (Å²) in [4.78, 5) is 13.1. The van der Waals surface area contributed by atoms with Gasteiger partial charge in [-0.25, -0.2) is 8.42 Å². The van der Waals surface area contributed by atoms with Crippen LogP contribution in [0.2, 0.25) is 5.02 Å². The standard InChI is InChI=1S/C23H21ClN2O4S/c1-15-6-9-19(10-7-15)31(28,29)26-14-22(30-21-12-16(2)8-11-20(21)26)23(27)25-18-5-3-4-17(24)13-18/h3-13,22H,14H2,1-2H3,(H,25,27). The third-order valence-electron chi connectivity index (χ3n) is 4.98. The molecule has 31 heavy (non-hydrogen) atoms. The van der Waals surface area contributed by atoms with E-state index in [1.165, 1.54) is 4.31 Å². The first-order chi connectivity index (χ1) is 14.7. The lowest BCUT2D eigenvalue weighted by Gasteiger charge is -2.35. The number of amides is 1. The Bertz CT molecular complexity index is 1240. The predicted octanol–water partition coefficient (Wildman–Crippen LogP) is 4.55. The monoisotopic (exact) mass is 456 g/mol. The predicted molar refractivity (Wildman–Crippen MR) is 121 cm³/mol. The van der Waals surface area contributed by atoms with Crippen LogP contribution >= 0.6 is 11.6 Å². The maximum atomic E-state index is 13.4. The van der Waals surface area contributed by atoms with Gasteiger partial charge in [0.05, 0.1) is 17.1 Å². The van der Waals surface area contributed by atoms with Crippen LogP contribution in [0.15, 0.2) is 71.6 Å². The molecule has 0 saturated heterocycles. The Hall–Kier alpha value is -3.03. The Morgan fingerprint density at radius 2 is 1.74 bits per heavy atom. The van der Waals surface area contributed by atoms with Gasteiger partial charge in [0, 0.05) is 10.7 Å². The molecule has 0 fully saturated rings. The van der Waals surface area contributed by atoms with E-state index in [1.807, 2.05) is 19.9 Å². The summed E-state index contributed by atoms with van der Waals surface area (Å²) < 4.78 is 34.0. The SMILES string of the molecule is Cc1ccc(S(=O)(=O)N2CC(C(=O)Nc3cccc(Cl)c3)Oc3cc(C)ccc32)cc1. The van der Waals surface area contributed by atoms with Crippen molar-refractivity contribution >= 4 is 38.9 Å². The van der Waals surface area contributed by atoms with E-state index in [1.54, 1.807) is 60.7 Å². The van der Waals surface area contributed by atoms with Crippen molar-refractivity contribution in [1.82, 2.24) is 0 Å². The van der Waals surface area contributed by atoms with Crippen LogP contribution in [0.3, 0.4) is 0 Å². The molecule has 6 nitrogen and oxygen atoms in total. The van der Waals surface area contributed by atoms with Crippen LogP contribution in [0.5, 0.6) is 5.75 Å². The summed E-state index contributed by atoms with van der Waals surface area (Å²) >= 11 is 5.99.